The number of rotatable bonds is 5. The molecule has 2 aliphatic rings. The molecule has 0 spiro atoms. The summed E-state index contributed by atoms with van der Waals surface area (Å²) < 4.78 is 0. The van der Waals surface area contributed by atoms with E-state index in [-0.39, 0.29) is 17.9 Å². The molecule has 3 N–H and O–H groups in total. The Kier molecular flexibility index (Phi) is 5.61. The van der Waals surface area contributed by atoms with Gasteiger partial charge in [0.2, 0.25) is 11.8 Å². The third kappa shape index (κ3) is 4.33. The molecule has 2 aliphatic carbocycles. The minimum atomic E-state index is -0.544. The lowest BCUT2D eigenvalue weighted by Gasteiger charge is -2.23. The smallest absolute Gasteiger partial charge is 0.242 e. The molecule has 136 valence electrons. The van der Waals surface area contributed by atoms with E-state index in [4.69, 9.17) is 0 Å². The number of nitrogens with one attached hydrogen (secondary N) is 2. The van der Waals surface area contributed by atoms with Crippen molar-refractivity contribution in [3.8, 4) is 5.75 Å². The number of hydrogen-bond acceptors (Lipinski definition) is 3. The lowest BCUT2D eigenvalue weighted by molar-refractivity contribution is -0.129. The van der Waals surface area contributed by atoms with Crippen molar-refractivity contribution in [2.45, 2.75) is 70.4 Å². The van der Waals surface area contributed by atoms with Gasteiger partial charge in [-0.3, -0.25) is 9.59 Å². The van der Waals surface area contributed by atoms with Crippen molar-refractivity contribution < 1.29 is 14.7 Å². The summed E-state index contributed by atoms with van der Waals surface area (Å²) in [5.74, 6) is 0.564. The van der Waals surface area contributed by atoms with Crippen molar-refractivity contribution in [3.05, 3.63) is 29.3 Å². The predicted molar refractivity (Wildman–Crippen MR) is 96.1 cm³/mol. The molecule has 1 aromatic carbocycles. The second-order valence-corrected chi connectivity index (χ2v) is 7.44. The molecule has 3 rings (SSSR count). The van der Waals surface area contributed by atoms with E-state index in [1.807, 2.05) is 6.07 Å². The van der Waals surface area contributed by atoms with Gasteiger partial charge in [0.15, 0.2) is 0 Å². The van der Waals surface area contributed by atoms with Crippen molar-refractivity contribution in [2.75, 3.05) is 0 Å². The zero-order valence-electron chi connectivity index (χ0n) is 14.9. The van der Waals surface area contributed by atoms with Crippen LogP contribution in [0.2, 0.25) is 0 Å². The molecule has 0 aromatic heterocycles. The van der Waals surface area contributed by atoms with Crippen molar-refractivity contribution in [3.63, 3.8) is 0 Å². The maximum atomic E-state index is 12.4. The van der Waals surface area contributed by atoms with Crippen LogP contribution in [0.15, 0.2) is 18.2 Å². The van der Waals surface area contributed by atoms with Gasteiger partial charge in [-0.25, -0.2) is 0 Å². The van der Waals surface area contributed by atoms with E-state index in [1.165, 1.54) is 19.3 Å². The molecule has 5 nitrogen and oxygen atoms in total. The van der Waals surface area contributed by atoms with Gasteiger partial charge in [0.05, 0.1) is 6.04 Å². The van der Waals surface area contributed by atoms with Crippen LogP contribution in [0.3, 0.4) is 0 Å². The van der Waals surface area contributed by atoms with Gasteiger partial charge in [0.1, 0.15) is 11.8 Å². The van der Waals surface area contributed by atoms with Gasteiger partial charge in [-0.05, 0) is 55.7 Å². The summed E-state index contributed by atoms with van der Waals surface area (Å²) in [5, 5.41) is 15.7. The van der Waals surface area contributed by atoms with E-state index in [9.17, 15) is 14.7 Å². The standard InChI is InChI=1S/C20H28N2O3/c1-13(21-19(24)12-14-6-3-2-4-7-14)20(25)22-17-11-10-16-15(17)8-5-9-18(16)23/h5,8-9,13-14,17,23H,2-4,6-7,10-12H2,1H3,(H,21,24)(H,22,25)/t13-,17-/m1/s1. The minimum Gasteiger partial charge on any atom is -0.508 e. The number of phenols is 1. The number of aromatic hydroxyl groups is 1. The lowest BCUT2D eigenvalue weighted by Crippen LogP contribution is -2.46. The molecular formula is C20H28N2O3. The third-order valence-electron chi connectivity index (χ3n) is 5.53. The van der Waals surface area contributed by atoms with Crippen molar-refractivity contribution in [1.82, 2.24) is 10.6 Å². The van der Waals surface area contributed by atoms with E-state index in [1.54, 1.807) is 19.1 Å². The van der Waals surface area contributed by atoms with Gasteiger partial charge >= 0.3 is 0 Å². The second-order valence-electron chi connectivity index (χ2n) is 7.44. The molecule has 25 heavy (non-hydrogen) atoms. The zero-order chi connectivity index (χ0) is 17.8. The Hall–Kier alpha value is -2.04. The van der Waals surface area contributed by atoms with Crippen LogP contribution in [-0.4, -0.2) is 23.0 Å². The van der Waals surface area contributed by atoms with Crippen LogP contribution in [0.4, 0.5) is 0 Å². The van der Waals surface area contributed by atoms with Gasteiger partial charge in [0.25, 0.3) is 0 Å². The fourth-order valence-electron chi connectivity index (χ4n) is 4.10. The number of carbonyl (C=O) groups excluding carboxylic acids is 2. The highest BCUT2D eigenvalue weighted by atomic mass is 16.3. The largest absolute Gasteiger partial charge is 0.508 e. The summed E-state index contributed by atoms with van der Waals surface area (Å²) >= 11 is 0. The highest BCUT2D eigenvalue weighted by Crippen LogP contribution is 2.36. The monoisotopic (exact) mass is 344 g/mol. The molecule has 1 fully saturated rings. The SMILES string of the molecule is C[C@@H](NC(=O)CC1CCCCC1)C(=O)N[C@@H]1CCc2c(O)cccc21. The molecule has 1 aromatic rings. The molecule has 0 bridgehead atoms. The normalized spacial score (nSPS) is 21.4. The van der Waals surface area contributed by atoms with Crippen LogP contribution in [0, 0.1) is 5.92 Å². The first-order chi connectivity index (χ1) is 12.0. The van der Waals surface area contributed by atoms with Crippen molar-refractivity contribution in [1.29, 1.82) is 0 Å². The summed E-state index contributed by atoms with van der Waals surface area (Å²) in [6.07, 6.45) is 8.00. The summed E-state index contributed by atoms with van der Waals surface area (Å²) in [5.41, 5.74) is 1.90. The molecule has 2 atom stereocenters. The number of amides is 2. The van der Waals surface area contributed by atoms with E-state index in [0.717, 1.165) is 36.8 Å². The molecule has 0 saturated heterocycles. The molecule has 0 aliphatic heterocycles. The number of carbonyl (C=O) groups is 2. The number of hydrogen-bond donors (Lipinski definition) is 3. The fraction of sp³-hybridized carbons (Fsp3) is 0.600. The maximum absolute atomic E-state index is 12.4. The molecular weight excluding hydrogens is 316 g/mol. The van der Waals surface area contributed by atoms with Gasteiger partial charge in [-0.1, -0.05) is 31.4 Å². The lowest BCUT2D eigenvalue weighted by atomic mass is 9.87. The second kappa shape index (κ2) is 7.89. The van der Waals surface area contributed by atoms with Gasteiger partial charge in [0, 0.05) is 6.42 Å². The summed E-state index contributed by atoms with van der Waals surface area (Å²) in [6, 6.07) is 4.79. The maximum Gasteiger partial charge on any atom is 0.242 e. The topological polar surface area (TPSA) is 78.4 Å². The molecule has 0 unspecified atom stereocenters. The Morgan fingerprint density at radius 1 is 1.20 bits per heavy atom. The molecule has 5 heteroatoms. The highest BCUT2D eigenvalue weighted by Gasteiger charge is 2.28. The van der Waals surface area contributed by atoms with Gasteiger partial charge in [-0.2, -0.15) is 0 Å². The molecule has 0 heterocycles. The summed E-state index contributed by atoms with van der Waals surface area (Å²) in [4.78, 5) is 24.6. The van der Waals surface area contributed by atoms with Crippen LogP contribution in [-0.2, 0) is 16.0 Å². The predicted octanol–water partition coefficient (Wildman–Crippen LogP) is 2.97. The van der Waals surface area contributed by atoms with E-state index in [0.29, 0.717) is 18.1 Å². The minimum absolute atomic E-state index is 0.0287. The molecule has 1 saturated carbocycles. The Labute approximate surface area is 149 Å². The number of benzene rings is 1. The Balaban J connectivity index is 1.50. The van der Waals surface area contributed by atoms with E-state index in [2.05, 4.69) is 10.6 Å². The van der Waals surface area contributed by atoms with Gasteiger partial charge in [-0.15, -0.1) is 0 Å². The van der Waals surface area contributed by atoms with Gasteiger partial charge < -0.3 is 15.7 Å². The van der Waals surface area contributed by atoms with E-state index >= 15 is 0 Å². The first-order valence-corrected chi connectivity index (χ1v) is 9.45. The summed E-state index contributed by atoms with van der Waals surface area (Å²) in [6.45, 7) is 1.73. The Morgan fingerprint density at radius 2 is 1.96 bits per heavy atom. The number of phenolic OH excluding ortho intramolecular Hbond substituents is 1. The molecule has 0 radical (unpaired) electrons. The first-order valence-electron chi connectivity index (χ1n) is 9.45. The molecule has 2 amide bonds. The van der Waals surface area contributed by atoms with E-state index < -0.39 is 6.04 Å². The van der Waals surface area contributed by atoms with Crippen molar-refractivity contribution in [2.24, 2.45) is 5.92 Å². The van der Waals surface area contributed by atoms with Crippen LogP contribution < -0.4 is 10.6 Å². The quantitative estimate of drug-likeness (QED) is 0.768. The highest BCUT2D eigenvalue weighted by molar-refractivity contribution is 5.87. The zero-order valence-corrected chi connectivity index (χ0v) is 14.9. The average Bonchev–Trinajstić information content (AvgIpc) is 3.00. The average molecular weight is 344 g/mol. The fourth-order valence-corrected chi connectivity index (χ4v) is 4.10. The Bertz CT molecular complexity index is 638. The van der Waals surface area contributed by atoms with Crippen LogP contribution in [0.5, 0.6) is 5.75 Å². The van der Waals surface area contributed by atoms with Crippen molar-refractivity contribution >= 4 is 11.8 Å². The third-order valence-corrected chi connectivity index (χ3v) is 5.53. The first kappa shape index (κ1) is 17.8. The van der Waals surface area contributed by atoms with Crippen LogP contribution >= 0.6 is 0 Å². The number of fused-ring (bicyclic) bond motifs is 1. The van der Waals surface area contributed by atoms with Crippen LogP contribution in [0.1, 0.15) is 69.0 Å². The summed E-state index contributed by atoms with van der Waals surface area (Å²) in [7, 11) is 0. The Morgan fingerprint density at radius 3 is 2.72 bits per heavy atom. The van der Waals surface area contributed by atoms with Crippen LogP contribution in [0.25, 0.3) is 0 Å².